The van der Waals surface area contributed by atoms with E-state index >= 15 is 0 Å². The number of carbonyl (C=O) groups excluding carboxylic acids is 2. The van der Waals surface area contributed by atoms with Gasteiger partial charge in [0.1, 0.15) is 0 Å². The number of aromatic amines is 1. The van der Waals surface area contributed by atoms with Gasteiger partial charge in [-0.05, 0) is 42.5 Å². The van der Waals surface area contributed by atoms with Crippen LogP contribution in [0, 0.1) is 0 Å². The monoisotopic (exact) mass is 373 g/mol. The molecule has 0 saturated carbocycles. The Labute approximate surface area is 164 Å². The summed E-state index contributed by atoms with van der Waals surface area (Å²) in [5.41, 5.74) is 12.3. The Kier molecular flexibility index (Phi) is 4.74. The first-order chi connectivity index (χ1) is 13.6. The number of hydrogen-bond donors (Lipinski definition) is 2. The molecule has 0 fully saturated rings. The van der Waals surface area contributed by atoms with Gasteiger partial charge in [-0.1, -0.05) is 43.3 Å². The molecule has 0 spiro atoms. The Hall–Kier alpha value is -3.34. The number of nitrogen functional groups attached to an aromatic ring is 1. The van der Waals surface area contributed by atoms with Gasteiger partial charge >= 0.3 is 0 Å². The summed E-state index contributed by atoms with van der Waals surface area (Å²) < 4.78 is 0. The van der Waals surface area contributed by atoms with Crippen LogP contribution in [0.3, 0.4) is 0 Å². The van der Waals surface area contributed by atoms with Crippen molar-refractivity contribution in [1.29, 1.82) is 0 Å². The van der Waals surface area contributed by atoms with Crippen molar-refractivity contribution in [2.24, 2.45) is 0 Å². The molecule has 0 aliphatic carbocycles. The van der Waals surface area contributed by atoms with Gasteiger partial charge in [-0.2, -0.15) is 0 Å². The van der Waals surface area contributed by atoms with Crippen LogP contribution in [-0.2, 0) is 12.8 Å². The quantitative estimate of drug-likeness (QED) is 0.640. The summed E-state index contributed by atoms with van der Waals surface area (Å²) in [5, 5.41) is 0. The highest BCUT2D eigenvalue weighted by molar-refractivity contribution is 6.21. The maximum atomic E-state index is 12.4. The smallest absolute Gasteiger partial charge is 0.261 e. The maximum Gasteiger partial charge on any atom is 0.261 e. The van der Waals surface area contributed by atoms with Crippen LogP contribution in [0.4, 0.5) is 5.69 Å². The number of imide groups is 1. The zero-order valence-electron chi connectivity index (χ0n) is 15.9. The number of aromatic nitrogens is 1. The molecule has 2 heterocycles. The van der Waals surface area contributed by atoms with Crippen molar-refractivity contribution in [2.45, 2.75) is 26.2 Å². The predicted octanol–water partition coefficient (Wildman–Crippen LogP) is 4.06. The van der Waals surface area contributed by atoms with Crippen molar-refractivity contribution < 1.29 is 9.59 Å². The molecular formula is C23H23N3O2. The molecule has 1 aliphatic heterocycles. The van der Waals surface area contributed by atoms with E-state index in [0.29, 0.717) is 30.5 Å². The van der Waals surface area contributed by atoms with Crippen molar-refractivity contribution in [3.63, 3.8) is 0 Å². The minimum absolute atomic E-state index is 0.211. The normalized spacial score (nSPS) is 13.2. The average Bonchev–Trinajstić information content (AvgIpc) is 3.21. The highest BCUT2D eigenvalue weighted by Crippen LogP contribution is 2.30. The lowest BCUT2D eigenvalue weighted by Gasteiger charge is -2.13. The highest BCUT2D eigenvalue weighted by Gasteiger charge is 2.34. The topological polar surface area (TPSA) is 79.2 Å². The second-order valence-corrected chi connectivity index (χ2v) is 7.06. The Bertz CT molecular complexity index is 999. The lowest BCUT2D eigenvalue weighted by atomic mass is 10.0. The minimum atomic E-state index is -0.211. The molecule has 5 nitrogen and oxygen atoms in total. The van der Waals surface area contributed by atoms with E-state index in [9.17, 15) is 9.59 Å². The summed E-state index contributed by atoms with van der Waals surface area (Å²) >= 11 is 0. The molecule has 0 saturated heterocycles. The number of aryl methyl sites for hydroxylation is 2. The summed E-state index contributed by atoms with van der Waals surface area (Å²) in [6.07, 6.45) is 4.26. The molecule has 0 radical (unpaired) electrons. The third-order valence-electron chi connectivity index (χ3n) is 5.37. The van der Waals surface area contributed by atoms with Crippen LogP contribution in [0.5, 0.6) is 0 Å². The van der Waals surface area contributed by atoms with E-state index in [1.54, 1.807) is 24.3 Å². The maximum absolute atomic E-state index is 12.4. The number of amides is 2. The van der Waals surface area contributed by atoms with Crippen molar-refractivity contribution in [3.05, 3.63) is 77.1 Å². The number of fused-ring (bicyclic) bond motifs is 1. The first kappa shape index (κ1) is 18.0. The number of nitrogens with two attached hydrogens (primary N) is 1. The van der Waals surface area contributed by atoms with E-state index in [1.165, 1.54) is 10.5 Å². The Morgan fingerprint density at radius 2 is 1.57 bits per heavy atom. The Balaban J connectivity index is 1.42. The summed E-state index contributed by atoms with van der Waals surface area (Å²) in [7, 11) is 0. The van der Waals surface area contributed by atoms with Gasteiger partial charge in [0.15, 0.2) is 0 Å². The van der Waals surface area contributed by atoms with Gasteiger partial charge in [0.25, 0.3) is 11.8 Å². The van der Waals surface area contributed by atoms with Crippen molar-refractivity contribution in [2.75, 3.05) is 12.3 Å². The second-order valence-electron chi connectivity index (χ2n) is 7.06. The molecule has 4 rings (SSSR count). The molecule has 2 aromatic carbocycles. The molecule has 1 aromatic heterocycles. The van der Waals surface area contributed by atoms with Crippen LogP contribution in [0.2, 0.25) is 0 Å². The van der Waals surface area contributed by atoms with Gasteiger partial charge in [-0.25, -0.2) is 0 Å². The Morgan fingerprint density at radius 3 is 2.18 bits per heavy atom. The standard InChI is InChI=1S/C23H23N3O2/c1-2-15-9-11-16(12-10-15)19-14-25-20(21(19)24)8-5-13-26-22(27)17-6-3-4-7-18(17)23(26)28/h3-4,6-7,9-12,14,25H,2,5,8,13,24H2,1H3. The van der Waals surface area contributed by atoms with Gasteiger partial charge < -0.3 is 10.7 Å². The van der Waals surface area contributed by atoms with Crippen molar-refractivity contribution in [1.82, 2.24) is 9.88 Å². The van der Waals surface area contributed by atoms with Gasteiger partial charge in [-0.3, -0.25) is 14.5 Å². The number of nitrogens with one attached hydrogen (secondary N) is 1. The number of H-pyrrole nitrogens is 1. The molecule has 3 aromatic rings. The third kappa shape index (κ3) is 3.09. The number of nitrogens with zero attached hydrogens (tertiary/aromatic N) is 1. The second kappa shape index (κ2) is 7.35. The van der Waals surface area contributed by atoms with Crippen LogP contribution in [0.1, 0.15) is 45.3 Å². The fraction of sp³-hybridized carbons (Fsp3) is 0.217. The molecule has 0 atom stereocenters. The van der Waals surface area contributed by atoms with Gasteiger partial charge in [0.2, 0.25) is 0 Å². The number of carbonyl (C=O) groups is 2. The van der Waals surface area contributed by atoms with Gasteiger partial charge in [0, 0.05) is 24.0 Å². The fourth-order valence-corrected chi connectivity index (χ4v) is 3.70. The van der Waals surface area contributed by atoms with E-state index in [2.05, 4.69) is 36.2 Å². The number of anilines is 1. The van der Waals surface area contributed by atoms with Crippen LogP contribution in [0.15, 0.2) is 54.7 Å². The van der Waals surface area contributed by atoms with Crippen LogP contribution >= 0.6 is 0 Å². The fourth-order valence-electron chi connectivity index (χ4n) is 3.70. The molecule has 5 heteroatoms. The van der Waals surface area contributed by atoms with E-state index in [1.807, 2.05) is 6.20 Å². The van der Waals surface area contributed by atoms with Crippen LogP contribution in [-0.4, -0.2) is 28.2 Å². The van der Waals surface area contributed by atoms with E-state index < -0.39 is 0 Å². The number of benzene rings is 2. The lowest BCUT2D eigenvalue weighted by molar-refractivity contribution is 0.0652. The average molecular weight is 373 g/mol. The van der Waals surface area contributed by atoms with E-state index in [-0.39, 0.29) is 11.8 Å². The van der Waals surface area contributed by atoms with Crippen molar-refractivity contribution >= 4 is 17.5 Å². The van der Waals surface area contributed by atoms with E-state index in [0.717, 1.165) is 28.9 Å². The van der Waals surface area contributed by atoms with Crippen LogP contribution < -0.4 is 5.73 Å². The molecule has 0 unspecified atom stereocenters. The largest absolute Gasteiger partial charge is 0.397 e. The Morgan fingerprint density at radius 1 is 0.929 bits per heavy atom. The molecule has 2 amide bonds. The molecule has 1 aliphatic rings. The van der Waals surface area contributed by atoms with Crippen molar-refractivity contribution in [3.8, 4) is 11.1 Å². The first-order valence-electron chi connectivity index (χ1n) is 9.60. The summed E-state index contributed by atoms with van der Waals surface area (Å²) in [5.74, 6) is -0.423. The zero-order valence-corrected chi connectivity index (χ0v) is 15.9. The molecule has 3 N–H and O–H groups in total. The molecular weight excluding hydrogens is 350 g/mol. The molecule has 28 heavy (non-hydrogen) atoms. The number of hydrogen-bond acceptors (Lipinski definition) is 3. The molecule has 142 valence electrons. The third-order valence-corrected chi connectivity index (χ3v) is 5.37. The predicted molar refractivity (Wildman–Crippen MR) is 110 cm³/mol. The summed E-state index contributed by atoms with van der Waals surface area (Å²) in [6.45, 7) is 2.51. The van der Waals surface area contributed by atoms with Crippen LogP contribution in [0.25, 0.3) is 11.1 Å². The van der Waals surface area contributed by atoms with Gasteiger partial charge in [0.05, 0.1) is 16.8 Å². The van der Waals surface area contributed by atoms with Gasteiger partial charge in [-0.15, -0.1) is 0 Å². The lowest BCUT2D eigenvalue weighted by Crippen LogP contribution is -2.31. The SMILES string of the molecule is CCc1ccc(-c2c[nH]c(CCCN3C(=O)c4ccccc4C3=O)c2N)cc1. The van der Waals surface area contributed by atoms with E-state index in [4.69, 9.17) is 5.73 Å². The highest BCUT2D eigenvalue weighted by atomic mass is 16.2. The number of rotatable bonds is 6. The summed E-state index contributed by atoms with van der Waals surface area (Å²) in [6, 6.07) is 15.4. The zero-order chi connectivity index (χ0) is 19.7. The summed E-state index contributed by atoms with van der Waals surface area (Å²) in [4.78, 5) is 29.4. The minimum Gasteiger partial charge on any atom is -0.397 e. The molecule has 0 bridgehead atoms. The first-order valence-corrected chi connectivity index (χ1v) is 9.60.